The molecule has 0 saturated carbocycles. The van der Waals surface area contributed by atoms with Crippen molar-refractivity contribution in [2.75, 3.05) is 4.90 Å². The van der Waals surface area contributed by atoms with E-state index < -0.39 is 28.3 Å². The minimum atomic E-state index is -1.14. The van der Waals surface area contributed by atoms with E-state index in [0.29, 0.717) is 5.69 Å². The second kappa shape index (κ2) is 6.22. The summed E-state index contributed by atoms with van der Waals surface area (Å²) in [5.41, 5.74) is -0.0466. The second-order valence-corrected chi connectivity index (χ2v) is 10.5. The van der Waals surface area contributed by atoms with Crippen LogP contribution in [0.15, 0.2) is 16.9 Å². The molecule has 2 unspecified atom stereocenters. The van der Waals surface area contributed by atoms with Crippen LogP contribution in [0.3, 0.4) is 0 Å². The third kappa shape index (κ3) is 3.24. The van der Waals surface area contributed by atoms with Gasteiger partial charge in [0, 0.05) is 5.41 Å². The molecule has 28 heavy (non-hydrogen) atoms. The highest BCUT2D eigenvalue weighted by atomic mass is 32.2. The molecular formula is C19H25NO7S. The van der Waals surface area contributed by atoms with Gasteiger partial charge in [-0.2, -0.15) is 9.78 Å². The SMILES string of the molecule is CC(C)(C)OC(=O)CC1C(=O)N2c3cocc3C(OC3(C(C)(C)C)OO3)S[C@@H]12. The van der Waals surface area contributed by atoms with Crippen molar-refractivity contribution < 1.29 is 33.3 Å². The number of esters is 1. The van der Waals surface area contributed by atoms with Crippen LogP contribution in [0.1, 0.15) is 59.0 Å². The number of fused-ring (bicyclic) bond motifs is 3. The Kier molecular flexibility index (Phi) is 4.39. The first kappa shape index (κ1) is 19.8. The maximum Gasteiger partial charge on any atom is 0.346 e. The number of anilines is 1. The van der Waals surface area contributed by atoms with Crippen molar-refractivity contribution in [2.45, 2.75) is 70.3 Å². The standard InChI is InChI=1S/C19H25NO7S/c1-17(2,3)19(26-27-19)25-16-11-8-23-9-12(11)20-14(22)10(15(20)28-16)7-13(21)24-18(4,5)6/h8-10,15-16H,7H2,1-6H3/t10?,15-,16?/m0/s1. The highest BCUT2D eigenvalue weighted by Gasteiger charge is 2.64. The molecule has 0 bridgehead atoms. The molecule has 0 radical (unpaired) electrons. The Morgan fingerprint density at radius 2 is 1.89 bits per heavy atom. The van der Waals surface area contributed by atoms with Crippen molar-refractivity contribution in [2.24, 2.45) is 11.3 Å². The molecule has 3 atom stereocenters. The molecule has 2 fully saturated rings. The Morgan fingerprint density at radius 3 is 2.46 bits per heavy atom. The van der Waals surface area contributed by atoms with Crippen LogP contribution >= 0.6 is 11.8 Å². The van der Waals surface area contributed by atoms with E-state index in [2.05, 4.69) is 0 Å². The number of hydrogen-bond acceptors (Lipinski definition) is 8. The lowest BCUT2D eigenvalue weighted by Crippen LogP contribution is -2.62. The molecule has 0 N–H and O–H groups in total. The maximum atomic E-state index is 12.7. The number of furan rings is 1. The molecule has 2 saturated heterocycles. The number of nitrogens with zero attached hydrogens (tertiary/aromatic N) is 1. The summed E-state index contributed by atoms with van der Waals surface area (Å²) in [4.78, 5) is 36.9. The second-order valence-electron chi connectivity index (χ2n) is 9.27. The predicted octanol–water partition coefficient (Wildman–Crippen LogP) is 3.72. The van der Waals surface area contributed by atoms with Crippen LogP contribution < -0.4 is 4.90 Å². The number of carbonyl (C=O) groups excluding carboxylic acids is 2. The highest BCUT2D eigenvalue weighted by Crippen LogP contribution is 2.58. The first-order valence-corrected chi connectivity index (χ1v) is 10.2. The van der Waals surface area contributed by atoms with Crippen LogP contribution in [0.4, 0.5) is 5.69 Å². The Labute approximate surface area is 167 Å². The largest absolute Gasteiger partial charge is 0.470 e. The lowest BCUT2D eigenvalue weighted by molar-refractivity contribution is -0.158. The quantitative estimate of drug-likeness (QED) is 0.320. The van der Waals surface area contributed by atoms with Crippen molar-refractivity contribution in [1.29, 1.82) is 0 Å². The van der Waals surface area contributed by atoms with E-state index in [1.165, 1.54) is 18.0 Å². The van der Waals surface area contributed by atoms with Crippen molar-refractivity contribution in [3.05, 3.63) is 18.1 Å². The van der Waals surface area contributed by atoms with Crippen molar-refractivity contribution in [1.82, 2.24) is 0 Å². The Balaban J connectivity index is 1.52. The summed E-state index contributed by atoms with van der Waals surface area (Å²) in [5, 5.41) is -0.245. The van der Waals surface area contributed by atoms with E-state index in [0.717, 1.165) is 5.56 Å². The zero-order valence-corrected chi connectivity index (χ0v) is 17.6. The van der Waals surface area contributed by atoms with Gasteiger partial charge < -0.3 is 13.9 Å². The van der Waals surface area contributed by atoms with Crippen molar-refractivity contribution in [3.63, 3.8) is 0 Å². The number of rotatable bonds is 4. The fraction of sp³-hybridized carbons (Fsp3) is 0.684. The molecule has 9 heteroatoms. The summed E-state index contributed by atoms with van der Waals surface area (Å²) < 4.78 is 16.9. The summed E-state index contributed by atoms with van der Waals surface area (Å²) in [6.45, 7) is 11.3. The Hall–Kier alpha value is -1.55. The van der Waals surface area contributed by atoms with E-state index in [4.69, 9.17) is 23.7 Å². The van der Waals surface area contributed by atoms with E-state index in [9.17, 15) is 9.59 Å². The highest BCUT2D eigenvalue weighted by molar-refractivity contribution is 8.00. The molecule has 4 rings (SSSR count). The lowest BCUT2D eigenvalue weighted by Gasteiger charge is -2.50. The molecular weight excluding hydrogens is 386 g/mol. The third-order valence-corrected chi connectivity index (χ3v) is 6.24. The molecule has 8 nitrogen and oxygen atoms in total. The fourth-order valence-electron chi connectivity index (χ4n) is 3.29. The molecule has 0 spiro atoms. The van der Waals surface area contributed by atoms with Gasteiger partial charge in [-0.3, -0.25) is 14.5 Å². The number of thioether (sulfide) groups is 1. The van der Waals surface area contributed by atoms with Crippen LogP contribution in [0.5, 0.6) is 0 Å². The molecule has 4 heterocycles. The Bertz CT molecular complexity index is 802. The average Bonchev–Trinajstić information content (AvgIpc) is 3.19. The average molecular weight is 411 g/mol. The van der Waals surface area contributed by atoms with Gasteiger partial charge in [0.25, 0.3) is 0 Å². The monoisotopic (exact) mass is 411 g/mol. The first-order valence-electron chi connectivity index (χ1n) is 9.23. The fourth-order valence-corrected chi connectivity index (χ4v) is 4.79. The predicted molar refractivity (Wildman–Crippen MR) is 99.7 cm³/mol. The third-order valence-electron chi connectivity index (χ3n) is 4.82. The summed E-state index contributed by atoms with van der Waals surface area (Å²) >= 11 is 1.44. The smallest absolute Gasteiger partial charge is 0.346 e. The molecule has 1 aromatic rings. The summed E-state index contributed by atoms with van der Waals surface area (Å²) in [5.74, 6) is -2.12. The number of amides is 1. The van der Waals surface area contributed by atoms with Gasteiger partial charge >= 0.3 is 11.9 Å². The number of carbonyl (C=O) groups is 2. The molecule has 0 aliphatic carbocycles. The molecule has 0 aromatic carbocycles. The van der Waals surface area contributed by atoms with Crippen LogP contribution in [-0.4, -0.2) is 28.8 Å². The summed E-state index contributed by atoms with van der Waals surface area (Å²) in [7, 11) is 0. The van der Waals surface area contributed by atoms with E-state index in [1.54, 1.807) is 31.9 Å². The normalized spacial score (nSPS) is 28.3. The molecule has 3 aliphatic heterocycles. The summed E-state index contributed by atoms with van der Waals surface area (Å²) in [6, 6.07) is 0. The van der Waals surface area contributed by atoms with Crippen LogP contribution in [0.25, 0.3) is 0 Å². The van der Waals surface area contributed by atoms with Crippen molar-refractivity contribution >= 4 is 29.3 Å². The van der Waals surface area contributed by atoms with Crippen LogP contribution in [0.2, 0.25) is 0 Å². The zero-order chi connectivity index (χ0) is 20.5. The van der Waals surface area contributed by atoms with Crippen molar-refractivity contribution in [3.8, 4) is 0 Å². The molecule has 3 aliphatic rings. The Morgan fingerprint density at radius 1 is 1.21 bits per heavy atom. The van der Waals surface area contributed by atoms with E-state index in [1.807, 2.05) is 20.8 Å². The number of hydrogen-bond donors (Lipinski definition) is 0. The summed E-state index contributed by atoms with van der Waals surface area (Å²) in [6.07, 6.45) is 3.12. The topological polar surface area (TPSA) is 94.0 Å². The minimum Gasteiger partial charge on any atom is -0.470 e. The van der Waals surface area contributed by atoms with E-state index >= 15 is 0 Å². The molecule has 1 amide bonds. The molecule has 1 aromatic heterocycles. The lowest BCUT2D eigenvalue weighted by atomic mass is 9.92. The molecule has 154 valence electrons. The van der Waals surface area contributed by atoms with Gasteiger partial charge in [0.05, 0.1) is 35.2 Å². The number of ether oxygens (including phenoxy) is 2. The van der Waals surface area contributed by atoms with Gasteiger partial charge in [-0.05, 0) is 20.8 Å². The minimum absolute atomic E-state index is 0.0294. The zero-order valence-electron chi connectivity index (χ0n) is 16.8. The first-order chi connectivity index (χ1) is 12.9. The van der Waals surface area contributed by atoms with Gasteiger partial charge in [0.15, 0.2) is 0 Å². The van der Waals surface area contributed by atoms with Gasteiger partial charge in [-0.25, -0.2) is 0 Å². The van der Waals surface area contributed by atoms with Gasteiger partial charge in [0.2, 0.25) is 5.91 Å². The maximum absolute atomic E-state index is 12.7. The van der Waals surface area contributed by atoms with Crippen LogP contribution in [-0.2, 0) is 28.8 Å². The van der Waals surface area contributed by atoms with Gasteiger partial charge in [0.1, 0.15) is 17.3 Å². The number of β-lactam (4-membered cyclic amide) rings is 1. The van der Waals surface area contributed by atoms with Gasteiger partial charge in [-0.1, -0.05) is 32.5 Å². The van der Waals surface area contributed by atoms with E-state index in [-0.39, 0.29) is 23.7 Å². The van der Waals surface area contributed by atoms with Gasteiger partial charge in [-0.15, -0.1) is 0 Å². The van der Waals surface area contributed by atoms with Crippen LogP contribution in [0, 0.1) is 11.3 Å².